The molecule has 1 heterocycles. The molecular formula is C23H27NO. The van der Waals surface area contributed by atoms with Gasteiger partial charge in [-0.15, -0.1) is 0 Å². The standard InChI is InChI=1S/C20H19NO.C3H8/c1-4-16(21-18-11-7-5-9-14(18)2)13-20-15(3)17-10-6-8-12-19(17)22-20;1-3-2/h4-13,21H,1H2,2-3H3;3H2,1-2H3/b16-13+;. The molecule has 2 nitrogen and oxygen atoms in total. The lowest BCUT2D eigenvalue weighted by atomic mass is 10.1. The summed E-state index contributed by atoms with van der Waals surface area (Å²) in [5.74, 6) is 0.859. The summed E-state index contributed by atoms with van der Waals surface area (Å²) in [6, 6.07) is 16.3. The van der Waals surface area contributed by atoms with Crippen molar-refractivity contribution in [3.8, 4) is 0 Å². The van der Waals surface area contributed by atoms with Crippen LogP contribution in [0.25, 0.3) is 17.0 Å². The lowest BCUT2D eigenvalue weighted by molar-refractivity contribution is 0.601. The molecule has 0 atom stereocenters. The Labute approximate surface area is 150 Å². The average molecular weight is 333 g/mol. The van der Waals surface area contributed by atoms with E-state index in [4.69, 9.17) is 4.42 Å². The molecule has 3 aromatic rings. The lowest BCUT2D eigenvalue weighted by Crippen LogP contribution is -1.98. The van der Waals surface area contributed by atoms with E-state index in [0.717, 1.165) is 33.7 Å². The highest BCUT2D eigenvalue weighted by Crippen LogP contribution is 2.27. The summed E-state index contributed by atoms with van der Waals surface area (Å²) >= 11 is 0. The fraction of sp³-hybridized carbons (Fsp3) is 0.217. The van der Waals surface area contributed by atoms with Crippen molar-refractivity contribution in [2.75, 3.05) is 5.32 Å². The van der Waals surface area contributed by atoms with Gasteiger partial charge >= 0.3 is 0 Å². The minimum Gasteiger partial charge on any atom is -0.456 e. The van der Waals surface area contributed by atoms with Gasteiger partial charge in [-0.1, -0.05) is 63.2 Å². The first-order valence-electron chi connectivity index (χ1n) is 8.75. The molecule has 3 rings (SSSR count). The zero-order valence-corrected chi connectivity index (χ0v) is 15.6. The lowest BCUT2D eigenvalue weighted by Gasteiger charge is -2.09. The van der Waals surface area contributed by atoms with E-state index in [9.17, 15) is 0 Å². The largest absolute Gasteiger partial charge is 0.456 e. The first kappa shape index (κ1) is 18.6. The van der Waals surface area contributed by atoms with Crippen molar-refractivity contribution in [1.29, 1.82) is 0 Å². The van der Waals surface area contributed by atoms with Crippen molar-refractivity contribution in [3.63, 3.8) is 0 Å². The van der Waals surface area contributed by atoms with E-state index >= 15 is 0 Å². The van der Waals surface area contributed by atoms with Crippen molar-refractivity contribution >= 4 is 22.7 Å². The Balaban J connectivity index is 0.000000701. The van der Waals surface area contributed by atoms with Crippen LogP contribution in [0.15, 0.2) is 71.3 Å². The van der Waals surface area contributed by atoms with Crippen molar-refractivity contribution < 1.29 is 4.42 Å². The van der Waals surface area contributed by atoms with Crippen LogP contribution in [-0.4, -0.2) is 0 Å². The Kier molecular flexibility index (Phi) is 6.64. The van der Waals surface area contributed by atoms with Gasteiger partial charge in [-0.05, 0) is 37.6 Å². The molecule has 0 amide bonds. The molecular weight excluding hydrogens is 306 g/mol. The third-order valence-corrected chi connectivity index (χ3v) is 3.81. The number of nitrogens with one attached hydrogen (secondary N) is 1. The summed E-state index contributed by atoms with van der Waals surface area (Å²) in [4.78, 5) is 0. The summed E-state index contributed by atoms with van der Waals surface area (Å²) in [5.41, 5.74) is 5.22. The minimum absolute atomic E-state index is 0.859. The highest BCUT2D eigenvalue weighted by Gasteiger charge is 2.08. The van der Waals surface area contributed by atoms with Gasteiger partial charge in [0.1, 0.15) is 11.3 Å². The number of hydrogen-bond acceptors (Lipinski definition) is 2. The number of hydrogen-bond donors (Lipinski definition) is 1. The number of aryl methyl sites for hydroxylation is 2. The van der Waals surface area contributed by atoms with Gasteiger partial charge in [-0.3, -0.25) is 0 Å². The predicted molar refractivity (Wildman–Crippen MR) is 110 cm³/mol. The molecule has 0 saturated heterocycles. The first-order chi connectivity index (χ1) is 12.1. The number of anilines is 1. The Morgan fingerprint density at radius 2 is 1.68 bits per heavy atom. The molecule has 1 N–H and O–H groups in total. The van der Waals surface area contributed by atoms with Crippen molar-refractivity contribution in [2.45, 2.75) is 34.1 Å². The van der Waals surface area contributed by atoms with Gasteiger partial charge in [0.25, 0.3) is 0 Å². The normalized spacial score (nSPS) is 11.0. The number of rotatable bonds is 4. The fourth-order valence-electron chi connectivity index (χ4n) is 2.49. The SMILES string of the molecule is C=C/C(=C\c1oc2ccccc2c1C)Nc1ccccc1C.CCC. The molecule has 0 aliphatic carbocycles. The van der Waals surface area contributed by atoms with Crippen LogP contribution >= 0.6 is 0 Å². The van der Waals surface area contributed by atoms with Gasteiger partial charge in [-0.25, -0.2) is 0 Å². The summed E-state index contributed by atoms with van der Waals surface area (Å²) in [7, 11) is 0. The summed E-state index contributed by atoms with van der Waals surface area (Å²) < 4.78 is 5.93. The van der Waals surface area contributed by atoms with E-state index in [1.54, 1.807) is 6.08 Å². The molecule has 0 fully saturated rings. The number of benzene rings is 2. The molecule has 2 aromatic carbocycles. The van der Waals surface area contributed by atoms with Gasteiger partial charge in [0.05, 0.1) is 0 Å². The number of fused-ring (bicyclic) bond motifs is 1. The maximum Gasteiger partial charge on any atom is 0.135 e. The molecule has 0 aliphatic heterocycles. The molecule has 0 spiro atoms. The van der Waals surface area contributed by atoms with Gasteiger partial charge in [0, 0.05) is 28.4 Å². The maximum atomic E-state index is 5.93. The van der Waals surface area contributed by atoms with E-state index in [0.29, 0.717) is 0 Å². The molecule has 130 valence electrons. The summed E-state index contributed by atoms with van der Waals surface area (Å²) in [5, 5.41) is 4.55. The van der Waals surface area contributed by atoms with Crippen LogP contribution in [0.2, 0.25) is 0 Å². The van der Waals surface area contributed by atoms with Crippen LogP contribution in [0.3, 0.4) is 0 Å². The Bertz CT molecular complexity index is 871. The quantitative estimate of drug-likeness (QED) is 0.515. The van der Waals surface area contributed by atoms with Gasteiger partial charge in [-0.2, -0.15) is 0 Å². The number of furan rings is 1. The van der Waals surface area contributed by atoms with Crippen LogP contribution in [0.1, 0.15) is 37.2 Å². The molecule has 0 saturated carbocycles. The topological polar surface area (TPSA) is 25.2 Å². The highest BCUT2D eigenvalue weighted by molar-refractivity contribution is 5.84. The predicted octanol–water partition coefficient (Wildman–Crippen LogP) is 7.10. The van der Waals surface area contributed by atoms with E-state index in [1.165, 1.54) is 12.0 Å². The summed E-state index contributed by atoms with van der Waals surface area (Å²) in [6.45, 7) is 12.3. The van der Waals surface area contributed by atoms with E-state index in [1.807, 2.05) is 36.4 Å². The van der Waals surface area contributed by atoms with Gasteiger partial charge < -0.3 is 9.73 Å². The van der Waals surface area contributed by atoms with Crippen molar-refractivity contribution in [2.24, 2.45) is 0 Å². The van der Waals surface area contributed by atoms with Gasteiger partial charge in [0.2, 0.25) is 0 Å². The molecule has 0 aliphatic rings. The van der Waals surface area contributed by atoms with Crippen LogP contribution in [0, 0.1) is 13.8 Å². The second kappa shape index (κ2) is 8.93. The van der Waals surface area contributed by atoms with Crippen molar-refractivity contribution in [3.05, 3.63) is 83.8 Å². The monoisotopic (exact) mass is 333 g/mol. The molecule has 0 unspecified atom stereocenters. The minimum atomic E-state index is 0.859. The van der Waals surface area contributed by atoms with E-state index in [2.05, 4.69) is 57.8 Å². The number of allylic oxidation sites excluding steroid dienone is 1. The third-order valence-electron chi connectivity index (χ3n) is 3.81. The fourth-order valence-corrected chi connectivity index (χ4v) is 2.49. The molecule has 0 radical (unpaired) electrons. The summed E-state index contributed by atoms with van der Waals surface area (Å²) in [6.07, 6.45) is 5.05. The number of para-hydroxylation sites is 2. The molecule has 0 bridgehead atoms. The third kappa shape index (κ3) is 4.63. The molecule has 25 heavy (non-hydrogen) atoms. The Morgan fingerprint density at radius 3 is 2.32 bits per heavy atom. The zero-order valence-electron chi connectivity index (χ0n) is 15.6. The molecule has 1 aromatic heterocycles. The van der Waals surface area contributed by atoms with E-state index in [-0.39, 0.29) is 0 Å². The first-order valence-corrected chi connectivity index (χ1v) is 8.75. The Hall–Kier alpha value is -2.74. The second-order valence-corrected chi connectivity index (χ2v) is 6.04. The van der Waals surface area contributed by atoms with E-state index < -0.39 is 0 Å². The van der Waals surface area contributed by atoms with Crippen molar-refractivity contribution in [1.82, 2.24) is 0 Å². The Morgan fingerprint density at radius 1 is 1.04 bits per heavy atom. The van der Waals surface area contributed by atoms with Crippen LogP contribution in [0.4, 0.5) is 5.69 Å². The second-order valence-electron chi connectivity index (χ2n) is 6.04. The van der Waals surface area contributed by atoms with Crippen LogP contribution in [-0.2, 0) is 0 Å². The van der Waals surface area contributed by atoms with Gasteiger partial charge in [0.15, 0.2) is 0 Å². The average Bonchev–Trinajstić information content (AvgIpc) is 2.93. The smallest absolute Gasteiger partial charge is 0.135 e. The maximum absolute atomic E-state index is 5.93. The highest BCUT2D eigenvalue weighted by atomic mass is 16.3. The molecule has 2 heteroatoms. The zero-order chi connectivity index (χ0) is 18.2. The van der Waals surface area contributed by atoms with Crippen LogP contribution in [0.5, 0.6) is 0 Å². The van der Waals surface area contributed by atoms with Crippen LogP contribution < -0.4 is 5.32 Å².